The molecule has 5 heteroatoms. The lowest BCUT2D eigenvalue weighted by Crippen LogP contribution is -2.30. The number of benzene rings is 2. The molecule has 0 saturated carbocycles. The second kappa shape index (κ2) is 8.87. The lowest BCUT2D eigenvalue weighted by molar-refractivity contribution is -0.126. The van der Waals surface area contributed by atoms with E-state index in [1.54, 1.807) is 7.11 Å². The predicted molar refractivity (Wildman–Crippen MR) is 98.9 cm³/mol. The maximum Gasteiger partial charge on any atom is 0.233 e. The second-order valence-corrected chi connectivity index (χ2v) is 5.90. The normalized spacial score (nSPS) is 10.2. The van der Waals surface area contributed by atoms with Crippen LogP contribution in [-0.4, -0.2) is 25.5 Å². The Bertz CT molecular complexity index is 736. The number of hydrogen-bond acceptors (Lipinski definition) is 3. The van der Waals surface area contributed by atoms with Crippen LogP contribution in [0.4, 0.5) is 5.69 Å². The minimum atomic E-state index is -0.313. The molecule has 0 spiro atoms. The highest BCUT2D eigenvalue weighted by molar-refractivity contribution is 6.04. The van der Waals surface area contributed by atoms with Crippen LogP contribution in [0, 0.1) is 13.8 Å². The molecule has 0 aliphatic heterocycles. The van der Waals surface area contributed by atoms with Crippen molar-refractivity contribution in [2.75, 3.05) is 19.0 Å². The minimum Gasteiger partial charge on any atom is -0.496 e. The first-order chi connectivity index (χ1) is 12.0. The van der Waals surface area contributed by atoms with E-state index in [0.717, 1.165) is 28.1 Å². The van der Waals surface area contributed by atoms with E-state index in [2.05, 4.69) is 10.6 Å². The lowest BCUT2D eigenvalue weighted by atomic mass is 10.1. The van der Waals surface area contributed by atoms with E-state index in [4.69, 9.17) is 4.74 Å². The van der Waals surface area contributed by atoms with Gasteiger partial charge in [0.1, 0.15) is 12.2 Å². The van der Waals surface area contributed by atoms with E-state index < -0.39 is 0 Å². The average molecular weight is 340 g/mol. The first-order valence-electron chi connectivity index (χ1n) is 8.26. The summed E-state index contributed by atoms with van der Waals surface area (Å²) in [5.74, 6) is 0.190. The fourth-order valence-corrected chi connectivity index (χ4v) is 2.65. The third kappa shape index (κ3) is 5.35. The summed E-state index contributed by atoms with van der Waals surface area (Å²) in [5.41, 5.74) is 3.74. The molecule has 2 rings (SSSR count). The minimum absolute atomic E-state index is 0.195. The van der Waals surface area contributed by atoms with Crippen molar-refractivity contribution >= 4 is 17.5 Å². The summed E-state index contributed by atoms with van der Waals surface area (Å²) in [6.07, 6.45) is 0.452. The van der Waals surface area contributed by atoms with E-state index in [-0.39, 0.29) is 18.2 Å². The molecule has 0 radical (unpaired) electrons. The molecule has 2 aromatic carbocycles. The largest absolute Gasteiger partial charge is 0.496 e. The Morgan fingerprint density at radius 1 is 0.960 bits per heavy atom. The number of carbonyl (C=O) groups excluding carboxylic acids is 2. The molecule has 0 aliphatic rings. The number of amides is 2. The smallest absolute Gasteiger partial charge is 0.233 e. The zero-order chi connectivity index (χ0) is 18.2. The summed E-state index contributed by atoms with van der Waals surface area (Å²) in [4.78, 5) is 24.0. The van der Waals surface area contributed by atoms with Gasteiger partial charge >= 0.3 is 0 Å². The molecule has 2 aromatic rings. The third-order valence-corrected chi connectivity index (χ3v) is 3.98. The zero-order valence-electron chi connectivity index (χ0n) is 14.9. The fraction of sp³-hybridized carbons (Fsp3) is 0.300. The van der Waals surface area contributed by atoms with Crippen LogP contribution in [0.3, 0.4) is 0 Å². The van der Waals surface area contributed by atoms with Crippen molar-refractivity contribution in [2.24, 2.45) is 0 Å². The van der Waals surface area contributed by atoms with Crippen LogP contribution >= 0.6 is 0 Å². The highest BCUT2D eigenvalue weighted by atomic mass is 16.5. The standard InChI is InChI=1S/C20H24N2O3/c1-14-7-6-8-15(2)20(14)22-19(24)13-18(23)21-12-11-16-9-4-5-10-17(16)25-3/h4-10H,11-13H2,1-3H3,(H,21,23)(H,22,24). The van der Waals surface area contributed by atoms with Crippen molar-refractivity contribution in [3.05, 3.63) is 59.2 Å². The second-order valence-electron chi connectivity index (χ2n) is 5.90. The van der Waals surface area contributed by atoms with Crippen LogP contribution in [0.15, 0.2) is 42.5 Å². The van der Waals surface area contributed by atoms with E-state index in [9.17, 15) is 9.59 Å². The quantitative estimate of drug-likeness (QED) is 0.762. The van der Waals surface area contributed by atoms with Gasteiger partial charge in [-0.25, -0.2) is 0 Å². The molecule has 0 unspecified atom stereocenters. The fourth-order valence-electron chi connectivity index (χ4n) is 2.65. The van der Waals surface area contributed by atoms with Gasteiger partial charge in [0.15, 0.2) is 0 Å². The van der Waals surface area contributed by atoms with Crippen LogP contribution in [-0.2, 0) is 16.0 Å². The number of aryl methyl sites for hydroxylation is 2. The number of carbonyl (C=O) groups is 2. The number of methoxy groups -OCH3 is 1. The topological polar surface area (TPSA) is 67.4 Å². The van der Waals surface area contributed by atoms with Crippen molar-refractivity contribution in [2.45, 2.75) is 26.7 Å². The van der Waals surface area contributed by atoms with Crippen molar-refractivity contribution in [3.63, 3.8) is 0 Å². The molecule has 132 valence electrons. The van der Waals surface area contributed by atoms with Gasteiger partial charge in [-0.1, -0.05) is 36.4 Å². The molecule has 0 aliphatic carbocycles. The van der Waals surface area contributed by atoms with Gasteiger partial charge in [-0.3, -0.25) is 9.59 Å². The Balaban J connectivity index is 1.81. The molecule has 2 N–H and O–H groups in total. The van der Waals surface area contributed by atoms with Gasteiger partial charge in [-0.05, 0) is 43.0 Å². The first-order valence-corrected chi connectivity index (χ1v) is 8.26. The highest BCUT2D eigenvalue weighted by Gasteiger charge is 2.12. The van der Waals surface area contributed by atoms with Crippen molar-refractivity contribution < 1.29 is 14.3 Å². The molecular weight excluding hydrogens is 316 g/mol. The summed E-state index contributed by atoms with van der Waals surface area (Å²) in [6.45, 7) is 4.31. The maximum atomic E-state index is 12.1. The van der Waals surface area contributed by atoms with E-state index >= 15 is 0 Å². The van der Waals surface area contributed by atoms with Gasteiger partial charge < -0.3 is 15.4 Å². The summed E-state index contributed by atoms with van der Waals surface area (Å²) in [6, 6.07) is 13.5. The monoisotopic (exact) mass is 340 g/mol. The highest BCUT2D eigenvalue weighted by Crippen LogP contribution is 2.19. The van der Waals surface area contributed by atoms with Crippen LogP contribution in [0.1, 0.15) is 23.1 Å². The number of ether oxygens (including phenoxy) is 1. The van der Waals surface area contributed by atoms with Crippen LogP contribution in [0.2, 0.25) is 0 Å². The van der Waals surface area contributed by atoms with Gasteiger partial charge in [0.25, 0.3) is 0 Å². The lowest BCUT2D eigenvalue weighted by Gasteiger charge is -2.12. The Kier molecular flexibility index (Phi) is 6.57. The number of anilines is 1. The molecule has 0 aromatic heterocycles. The Morgan fingerprint density at radius 2 is 1.64 bits per heavy atom. The summed E-state index contributed by atoms with van der Waals surface area (Å²) < 4.78 is 5.28. The number of para-hydroxylation sites is 2. The van der Waals surface area contributed by atoms with Crippen molar-refractivity contribution in [3.8, 4) is 5.75 Å². The average Bonchev–Trinajstić information content (AvgIpc) is 2.58. The van der Waals surface area contributed by atoms with Crippen LogP contribution in [0.5, 0.6) is 5.75 Å². The molecule has 2 amide bonds. The molecule has 0 atom stereocenters. The van der Waals surface area contributed by atoms with E-state index in [0.29, 0.717) is 13.0 Å². The van der Waals surface area contributed by atoms with Crippen molar-refractivity contribution in [1.82, 2.24) is 5.32 Å². The van der Waals surface area contributed by atoms with Gasteiger partial charge in [-0.2, -0.15) is 0 Å². The molecule has 0 heterocycles. The molecule has 0 bridgehead atoms. The number of nitrogens with one attached hydrogen (secondary N) is 2. The molecule has 5 nitrogen and oxygen atoms in total. The number of rotatable bonds is 7. The summed E-state index contributed by atoms with van der Waals surface area (Å²) in [5, 5.41) is 5.59. The first kappa shape index (κ1) is 18.5. The zero-order valence-corrected chi connectivity index (χ0v) is 14.9. The molecule has 0 saturated heterocycles. The Labute approximate surface area is 148 Å². The summed E-state index contributed by atoms with van der Waals surface area (Å²) >= 11 is 0. The maximum absolute atomic E-state index is 12.1. The Morgan fingerprint density at radius 3 is 2.32 bits per heavy atom. The molecular formula is C20H24N2O3. The SMILES string of the molecule is COc1ccccc1CCNC(=O)CC(=O)Nc1c(C)cccc1C. The van der Waals surface area contributed by atoms with Gasteiger partial charge in [0.05, 0.1) is 7.11 Å². The Hall–Kier alpha value is -2.82. The molecule has 0 fully saturated rings. The van der Waals surface area contributed by atoms with Crippen LogP contribution in [0.25, 0.3) is 0 Å². The predicted octanol–water partition coefficient (Wildman–Crippen LogP) is 3.00. The molecule has 25 heavy (non-hydrogen) atoms. The van der Waals surface area contributed by atoms with Crippen molar-refractivity contribution in [1.29, 1.82) is 0 Å². The van der Waals surface area contributed by atoms with E-state index in [1.165, 1.54) is 0 Å². The van der Waals surface area contributed by atoms with Gasteiger partial charge in [-0.15, -0.1) is 0 Å². The number of hydrogen-bond donors (Lipinski definition) is 2. The third-order valence-electron chi connectivity index (χ3n) is 3.98. The van der Waals surface area contributed by atoms with Crippen LogP contribution < -0.4 is 15.4 Å². The van der Waals surface area contributed by atoms with E-state index in [1.807, 2.05) is 56.3 Å². The summed E-state index contributed by atoms with van der Waals surface area (Å²) in [7, 11) is 1.62. The van der Waals surface area contributed by atoms with Gasteiger partial charge in [0.2, 0.25) is 11.8 Å². The van der Waals surface area contributed by atoms with Gasteiger partial charge in [0, 0.05) is 12.2 Å².